The van der Waals surface area contributed by atoms with Crippen LogP contribution in [0.25, 0.3) is 0 Å². The second kappa shape index (κ2) is 10.6. The number of benzene rings is 1. The summed E-state index contributed by atoms with van der Waals surface area (Å²) in [5.74, 6) is -0.0356. The third kappa shape index (κ3) is 7.65. The number of hydrogen-bond acceptors (Lipinski definition) is 5. The molecule has 1 heterocycles. The fourth-order valence-corrected chi connectivity index (χ4v) is 3.34. The normalized spacial score (nSPS) is 17.1. The maximum atomic E-state index is 12.4. The SMILES string of the molecule is CS(=O)(=O)NCC(=O)N1CCCCNC(=O)c2cc(Cl)ccc2OCCCC1. The van der Waals surface area contributed by atoms with Crippen molar-refractivity contribution in [3.05, 3.63) is 28.8 Å². The van der Waals surface area contributed by atoms with Gasteiger partial charge in [-0.2, -0.15) is 0 Å². The first kappa shape index (κ1) is 22.4. The lowest BCUT2D eigenvalue weighted by Crippen LogP contribution is -2.41. The lowest BCUT2D eigenvalue weighted by molar-refractivity contribution is -0.130. The van der Waals surface area contributed by atoms with E-state index in [-0.39, 0.29) is 18.4 Å². The van der Waals surface area contributed by atoms with Crippen molar-refractivity contribution in [1.82, 2.24) is 14.9 Å². The number of carbonyl (C=O) groups is 2. The van der Waals surface area contributed by atoms with Crippen molar-refractivity contribution in [2.75, 3.05) is 39.0 Å². The van der Waals surface area contributed by atoms with Gasteiger partial charge in [0.05, 0.1) is 25.0 Å². The third-order valence-electron chi connectivity index (χ3n) is 4.24. The van der Waals surface area contributed by atoms with Crippen LogP contribution in [0.1, 0.15) is 36.0 Å². The Labute approximate surface area is 170 Å². The molecule has 0 atom stereocenters. The summed E-state index contributed by atoms with van der Waals surface area (Å²) >= 11 is 6.00. The number of amides is 2. The largest absolute Gasteiger partial charge is 0.493 e. The molecule has 1 aliphatic rings. The predicted molar refractivity (Wildman–Crippen MR) is 107 cm³/mol. The molecule has 0 unspecified atom stereocenters. The summed E-state index contributed by atoms with van der Waals surface area (Å²) in [4.78, 5) is 26.4. The Morgan fingerprint density at radius 1 is 1.25 bits per heavy atom. The summed E-state index contributed by atoms with van der Waals surface area (Å²) < 4.78 is 30.4. The van der Waals surface area contributed by atoms with Crippen molar-refractivity contribution in [3.63, 3.8) is 0 Å². The highest BCUT2D eigenvalue weighted by atomic mass is 35.5. The van der Waals surface area contributed by atoms with Crippen LogP contribution >= 0.6 is 11.6 Å². The molecule has 0 fully saturated rings. The van der Waals surface area contributed by atoms with Crippen LogP contribution < -0.4 is 14.8 Å². The molecule has 1 aliphatic heterocycles. The van der Waals surface area contributed by atoms with E-state index >= 15 is 0 Å². The quantitative estimate of drug-likeness (QED) is 0.752. The minimum absolute atomic E-state index is 0.250. The van der Waals surface area contributed by atoms with E-state index in [1.54, 1.807) is 23.1 Å². The number of rotatable bonds is 3. The van der Waals surface area contributed by atoms with Crippen LogP contribution in [0.5, 0.6) is 5.75 Å². The Kier molecular flexibility index (Phi) is 8.53. The molecule has 0 spiro atoms. The number of sulfonamides is 1. The van der Waals surface area contributed by atoms with E-state index in [4.69, 9.17) is 16.3 Å². The summed E-state index contributed by atoms with van der Waals surface area (Å²) in [7, 11) is -3.42. The average molecular weight is 432 g/mol. The van der Waals surface area contributed by atoms with Crippen molar-refractivity contribution in [2.24, 2.45) is 0 Å². The topological polar surface area (TPSA) is 105 Å². The van der Waals surface area contributed by atoms with Crippen molar-refractivity contribution in [1.29, 1.82) is 0 Å². The zero-order valence-electron chi connectivity index (χ0n) is 15.9. The molecule has 2 N–H and O–H groups in total. The number of halogens is 1. The molecular formula is C18H26ClN3O5S. The van der Waals surface area contributed by atoms with Crippen molar-refractivity contribution in [2.45, 2.75) is 25.7 Å². The maximum absolute atomic E-state index is 12.4. The van der Waals surface area contributed by atoms with Crippen LogP contribution in [0.2, 0.25) is 5.02 Å². The molecule has 156 valence electrons. The highest BCUT2D eigenvalue weighted by Gasteiger charge is 2.17. The lowest BCUT2D eigenvalue weighted by Gasteiger charge is -2.23. The maximum Gasteiger partial charge on any atom is 0.255 e. The molecule has 1 aromatic carbocycles. The number of fused-ring (bicyclic) bond motifs is 1. The Balaban J connectivity index is 2.00. The molecule has 1 aromatic rings. The average Bonchev–Trinajstić information content (AvgIpc) is 2.63. The fraction of sp³-hybridized carbons (Fsp3) is 0.556. The Bertz CT molecular complexity index is 800. The van der Waals surface area contributed by atoms with E-state index in [2.05, 4.69) is 10.0 Å². The van der Waals surface area contributed by atoms with Crippen LogP contribution in [0.15, 0.2) is 18.2 Å². The van der Waals surface area contributed by atoms with Gasteiger partial charge in [0.2, 0.25) is 15.9 Å². The molecule has 0 bridgehead atoms. The van der Waals surface area contributed by atoms with Crippen molar-refractivity contribution < 1.29 is 22.7 Å². The molecule has 0 aromatic heterocycles. The predicted octanol–water partition coefficient (Wildman–Crippen LogP) is 1.40. The summed E-state index contributed by atoms with van der Waals surface area (Å²) in [5, 5.41) is 3.30. The van der Waals surface area contributed by atoms with E-state index in [1.165, 1.54) is 0 Å². The molecule has 0 radical (unpaired) electrons. The van der Waals surface area contributed by atoms with Gasteiger partial charge in [0.15, 0.2) is 0 Å². The monoisotopic (exact) mass is 431 g/mol. The summed E-state index contributed by atoms with van der Waals surface area (Å²) in [6.45, 7) is 1.62. The standard InChI is InChI=1S/C18H26ClN3O5S/c1-28(25,26)21-13-17(23)22-9-3-2-8-20-18(24)15-12-14(19)6-7-16(15)27-11-5-4-10-22/h6-7,12,21H,2-5,8-11,13H2,1H3,(H,20,24). The van der Waals surface area contributed by atoms with E-state index in [0.29, 0.717) is 68.3 Å². The number of ether oxygens (including phenoxy) is 1. The van der Waals surface area contributed by atoms with Gasteiger partial charge in [-0.1, -0.05) is 11.6 Å². The molecule has 0 saturated heterocycles. The number of hydrogen-bond donors (Lipinski definition) is 2. The molecule has 2 rings (SSSR count). The molecule has 0 aliphatic carbocycles. The summed E-state index contributed by atoms with van der Waals surface area (Å²) in [6, 6.07) is 4.94. The zero-order valence-corrected chi connectivity index (χ0v) is 17.4. The molecule has 8 nitrogen and oxygen atoms in total. The van der Waals surface area contributed by atoms with Gasteiger partial charge in [0.25, 0.3) is 5.91 Å². The van der Waals surface area contributed by atoms with Gasteiger partial charge >= 0.3 is 0 Å². The smallest absolute Gasteiger partial charge is 0.255 e. The van der Waals surface area contributed by atoms with E-state index < -0.39 is 10.0 Å². The summed E-state index contributed by atoms with van der Waals surface area (Å²) in [5.41, 5.74) is 0.410. The summed E-state index contributed by atoms with van der Waals surface area (Å²) in [6.07, 6.45) is 3.80. The Hall–Kier alpha value is -1.84. The molecule has 10 heteroatoms. The van der Waals surface area contributed by atoms with Crippen LogP contribution in [0, 0.1) is 0 Å². The minimum Gasteiger partial charge on any atom is -0.493 e. The van der Waals surface area contributed by atoms with Crippen LogP contribution in [0.4, 0.5) is 0 Å². The van der Waals surface area contributed by atoms with Gasteiger partial charge < -0.3 is 15.0 Å². The minimum atomic E-state index is -3.42. The lowest BCUT2D eigenvalue weighted by atomic mass is 10.1. The Morgan fingerprint density at radius 2 is 1.96 bits per heavy atom. The molecule has 0 saturated carbocycles. The molecule has 28 heavy (non-hydrogen) atoms. The zero-order chi connectivity index (χ0) is 20.6. The first-order valence-electron chi connectivity index (χ1n) is 9.19. The first-order chi connectivity index (χ1) is 13.3. The van der Waals surface area contributed by atoms with Crippen molar-refractivity contribution >= 4 is 33.4 Å². The highest BCUT2D eigenvalue weighted by Crippen LogP contribution is 2.23. The second-order valence-corrected chi connectivity index (χ2v) is 8.90. The van der Waals surface area contributed by atoms with Gasteiger partial charge in [0, 0.05) is 24.7 Å². The first-order valence-corrected chi connectivity index (χ1v) is 11.5. The molecular weight excluding hydrogens is 406 g/mol. The van der Waals surface area contributed by atoms with Crippen LogP contribution in [0.3, 0.4) is 0 Å². The van der Waals surface area contributed by atoms with Gasteiger partial charge in [0.1, 0.15) is 5.75 Å². The second-order valence-electron chi connectivity index (χ2n) is 6.63. The Morgan fingerprint density at radius 3 is 2.68 bits per heavy atom. The van der Waals surface area contributed by atoms with Gasteiger partial charge in [-0.05, 0) is 43.9 Å². The van der Waals surface area contributed by atoms with Gasteiger partial charge in [-0.3, -0.25) is 9.59 Å². The van der Waals surface area contributed by atoms with Gasteiger partial charge in [-0.25, -0.2) is 13.1 Å². The number of nitrogens with zero attached hydrogens (tertiary/aromatic N) is 1. The highest BCUT2D eigenvalue weighted by molar-refractivity contribution is 7.88. The van der Waals surface area contributed by atoms with Crippen LogP contribution in [-0.2, 0) is 14.8 Å². The van der Waals surface area contributed by atoms with Crippen molar-refractivity contribution in [3.8, 4) is 5.75 Å². The van der Waals surface area contributed by atoms with E-state index in [9.17, 15) is 18.0 Å². The van der Waals surface area contributed by atoms with E-state index in [1.807, 2.05) is 0 Å². The number of carbonyl (C=O) groups excluding carboxylic acids is 2. The third-order valence-corrected chi connectivity index (χ3v) is 5.15. The number of nitrogens with one attached hydrogen (secondary N) is 2. The van der Waals surface area contributed by atoms with Crippen LogP contribution in [-0.4, -0.2) is 64.2 Å². The fourth-order valence-electron chi connectivity index (χ4n) is 2.78. The molecule has 2 amide bonds. The van der Waals surface area contributed by atoms with Gasteiger partial charge in [-0.15, -0.1) is 0 Å². The van der Waals surface area contributed by atoms with E-state index in [0.717, 1.165) is 6.26 Å².